The van der Waals surface area contributed by atoms with E-state index in [9.17, 15) is 4.79 Å². The van der Waals surface area contributed by atoms with Gasteiger partial charge in [0.15, 0.2) is 5.13 Å². The second-order valence-corrected chi connectivity index (χ2v) is 4.88. The van der Waals surface area contributed by atoms with Crippen molar-refractivity contribution >= 4 is 22.4 Å². The topological polar surface area (TPSA) is 62.2 Å². The number of aromatic nitrogens is 1. The van der Waals surface area contributed by atoms with E-state index in [1.165, 1.54) is 24.2 Å². The molecule has 0 aliphatic heterocycles. The van der Waals surface area contributed by atoms with Crippen molar-refractivity contribution in [1.29, 1.82) is 0 Å². The second-order valence-electron chi connectivity index (χ2n) is 3.85. The molecule has 98 valence electrons. The lowest BCUT2D eigenvalue weighted by atomic mass is 10.1. The number of hydrogen-bond acceptors (Lipinski definition) is 4. The van der Waals surface area contributed by atoms with Crippen molar-refractivity contribution in [1.82, 2.24) is 4.98 Å². The lowest BCUT2D eigenvalue weighted by Gasteiger charge is -2.00. The molecule has 0 unspecified atom stereocenters. The molecule has 0 bridgehead atoms. The molecule has 0 saturated heterocycles. The number of carbonyl (C=O) groups is 1. The van der Waals surface area contributed by atoms with E-state index in [0.717, 1.165) is 17.7 Å². The highest BCUT2D eigenvalue weighted by atomic mass is 32.1. The van der Waals surface area contributed by atoms with Crippen LogP contribution in [-0.2, 0) is 4.79 Å². The molecule has 2 N–H and O–H groups in total. The Kier molecular flexibility index (Phi) is 7.07. The first-order chi connectivity index (χ1) is 8.76. The van der Waals surface area contributed by atoms with Crippen molar-refractivity contribution in [2.45, 2.75) is 39.0 Å². The number of nitrogens with zero attached hydrogens (tertiary/aromatic N) is 1. The van der Waals surface area contributed by atoms with Crippen molar-refractivity contribution in [2.75, 3.05) is 11.9 Å². The Hall–Kier alpha value is -1.38. The molecule has 1 aromatic heterocycles. The maximum atomic E-state index is 11.6. The van der Waals surface area contributed by atoms with Crippen molar-refractivity contribution in [3.05, 3.63) is 11.1 Å². The van der Waals surface area contributed by atoms with Crippen LogP contribution in [0.4, 0.5) is 5.13 Å². The van der Waals surface area contributed by atoms with Gasteiger partial charge in [-0.15, -0.1) is 0 Å². The molecule has 0 aromatic carbocycles. The molecule has 0 saturated carbocycles. The molecule has 1 rings (SSSR count). The summed E-state index contributed by atoms with van der Waals surface area (Å²) in [5.41, 5.74) is 0. The standard InChI is InChI=1S/C13H18N2O2S/c1-2-3-4-5-8-12(17)15-13-14-10-11(18-13)7-6-9-16/h10,16H,2-5,8-9H2,1H3,(H,14,15,17). The van der Waals surface area contributed by atoms with E-state index < -0.39 is 0 Å². The summed E-state index contributed by atoms with van der Waals surface area (Å²) in [6, 6.07) is 0. The van der Waals surface area contributed by atoms with Crippen molar-refractivity contribution in [2.24, 2.45) is 0 Å². The highest BCUT2D eigenvalue weighted by Gasteiger charge is 2.05. The number of hydrogen-bond donors (Lipinski definition) is 2. The normalized spacial score (nSPS) is 9.67. The first-order valence-corrected chi connectivity index (χ1v) is 6.93. The number of nitrogens with one attached hydrogen (secondary N) is 1. The van der Waals surface area contributed by atoms with E-state index in [2.05, 4.69) is 29.1 Å². The van der Waals surface area contributed by atoms with Gasteiger partial charge in [-0.3, -0.25) is 4.79 Å². The van der Waals surface area contributed by atoms with Crippen LogP contribution in [0.2, 0.25) is 0 Å². The van der Waals surface area contributed by atoms with E-state index in [1.54, 1.807) is 6.20 Å². The Morgan fingerprint density at radius 3 is 3.06 bits per heavy atom. The van der Waals surface area contributed by atoms with Crippen LogP contribution in [0.25, 0.3) is 0 Å². The SMILES string of the molecule is CCCCCCC(=O)Nc1ncc(C#CCO)s1. The molecule has 1 heterocycles. The average Bonchev–Trinajstić information content (AvgIpc) is 2.80. The van der Waals surface area contributed by atoms with Crippen LogP contribution in [0.15, 0.2) is 6.20 Å². The molecule has 0 atom stereocenters. The van der Waals surface area contributed by atoms with Crippen LogP contribution in [0, 0.1) is 11.8 Å². The van der Waals surface area contributed by atoms with Crippen molar-refractivity contribution < 1.29 is 9.90 Å². The zero-order valence-electron chi connectivity index (χ0n) is 10.5. The molecule has 0 radical (unpaired) electrons. The molecule has 4 nitrogen and oxygen atoms in total. The molecule has 0 aliphatic rings. The summed E-state index contributed by atoms with van der Waals surface area (Å²) in [7, 11) is 0. The third-order valence-electron chi connectivity index (χ3n) is 2.30. The largest absolute Gasteiger partial charge is 0.384 e. The Morgan fingerprint density at radius 1 is 1.50 bits per heavy atom. The van der Waals surface area contributed by atoms with E-state index in [1.807, 2.05) is 0 Å². The molecular weight excluding hydrogens is 248 g/mol. The van der Waals surface area contributed by atoms with Gasteiger partial charge in [0.1, 0.15) is 6.61 Å². The predicted molar refractivity (Wildman–Crippen MR) is 73.5 cm³/mol. The highest BCUT2D eigenvalue weighted by molar-refractivity contribution is 7.16. The van der Waals surface area contributed by atoms with Gasteiger partial charge < -0.3 is 10.4 Å². The van der Waals surface area contributed by atoms with Gasteiger partial charge in [0.25, 0.3) is 0 Å². The molecule has 1 aromatic rings. The highest BCUT2D eigenvalue weighted by Crippen LogP contribution is 2.17. The number of carbonyl (C=O) groups excluding carboxylic acids is 1. The van der Waals surface area contributed by atoms with E-state index in [4.69, 9.17) is 5.11 Å². The van der Waals surface area contributed by atoms with Crippen LogP contribution in [0.5, 0.6) is 0 Å². The predicted octanol–water partition coefficient (Wildman–Crippen LogP) is 2.40. The first-order valence-electron chi connectivity index (χ1n) is 6.11. The maximum absolute atomic E-state index is 11.6. The van der Waals surface area contributed by atoms with E-state index >= 15 is 0 Å². The minimum Gasteiger partial charge on any atom is -0.384 e. The third-order valence-corrected chi connectivity index (χ3v) is 3.13. The Morgan fingerprint density at radius 2 is 2.33 bits per heavy atom. The van der Waals surface area contributed by atoms with Crippen LogP contribution in [0.3, 0.4) is 0 Å². The Labute approximate surface area is 111 Å². The van der Waals surface area contributed by atoms with Crippen LogP contribution in [0.1, 0.15) is 43.9 Å². The van der Waals surface area contributed by atoms with Gasteiger partial charge in [-0.1, -0.05) is 49.4 Å². The maximum Gasteiger partial charge on any atom is 0.226 e. The van der Waals surface area contributed by atoms with Gasteiger partial charge in [-0.05, 0) is 6.42 Å². The zero-order chi connectivity index (χ0) is 13.2. The van der Waals surface area contributed by atoms with Crippen molar-refractivity contribution in [3.63, 3.8) is 0 Å². The number of thiazole rings is 1. The van der Waals surface area contributed by atoms with Crippen LogP contribution in [-0.4, -0.2) is 22.6 Å². The summed E-state index contributed by atoms with van der Waals surface area (Å²) < 4.78 is 0. The summed E-state index contributed by atoms with van der Waals surface area (Å²) in [6.45, 7) is 1.97. The molecular formula is C13H18N2O2S. The smallest absolute Gasteiger partial charge is 0.226 e. The Bertz CT molecular complexity index is 432. The zero-order valence-corrected chi connectivity index (χ0v) is 11.3. The summed E-state index contributed by atoms with van der Waals surface area (Å²) in [4.78, 5) is 16.4. The molecule has 1 amide bonds. The Balaban J connectivity index is 2.33. The molecule has 0 aliphatic carbocycles. The fourth-order valence-corrected chi connectivity index (χ4v) is 2.12. The molecule has 0 fully saturated rings. The molecule has 18 heavy (non-hydrogen) atoms. The fraction of sp³-hybridized carbons (Fsp3) is 0.538. The fourth-order valence-electron chi connectivity index (χ4n) is 1.41. The second kappa shape index (κ2) is 8.67. The number of amides is 1. The third kappa shape index (κ3) is 5.80. The van der Waals surface area contributed by atoms with Gasteiger partial charge in [0, 0.05) is 6.42 Å². The van der Waals surface area contributed by atoms with Gasteiger partial charge in [-0.25, -0.2) is 4.98 Å². The number of unbranched alkanes of at least 4 members (excludes halogenated alkanes) is 3. The van der Waals surface area contributed by atoms with Gasteiger partial charge in [0.05, 0.1) is 11.1 Å². The lowest BCUT2D eigenvalue weighted by Crippen LogP contribution is -2.10. The minimum absolute atomic E-state index is 0.00196. The van der Waals surface area contributed by atoms with Gasteiger partial charge in [-0.2, -0.15) is 0 Å². The number of rotatable bonds is 6. The lowest BCUT2D eigenvalue weighted by molar-refractivity contribution is -0.116. The summed E-state index contributed by atoms with van der Waals surface area (Å²) in [6.07, 6.45) is 6.49. The van der Waals surface area contributed by atoms with Crippen LogP contribution < -0.4 is 5.32 Å². The van der Waals surface area contributed by atoms with Crippen molar-refractivity contribution in [3.8, 4) is 11.8 Å². The molecule has 0 spiro atoms. The first kappa shape index (κ1) is 14.7. The summed E-state index contributed by atoms with van der Waals surface area (Å²) >= 11 is 1.32. The minimum atomic E-state index is -0.170. The van der Waals surface area contributed by atoms with E-state index in [0.29, 0.717) is 11.6 Å². The number of anilines is 1. The summed E-state index contributed by atoms with van der Waals surface area (Å²) in [5, 5.41) is 11.9. The quantitative estimate of drug-likeness (QED) is 0.614. The van der Waals surface area contributed by atoms with E-state index in [-0.39, 0.29) is 12.5 Å². The number of aliphatic hydroxyl groups excluding tert-OH is 1. The summed E-state index contributed by atoms with van der Waals surface area (Å²) in [5.74, 6) is 5.30. The average molecular weight is 266 g/mol. The van der Waals surface area contributed by atoms with Gasteiger partial charge in [0.2, 0.25) is 5.91 Å². The number of aliphatic hydroxyl groups is 1. The monoisotopic (exact) mass is 266 g/mol. The van der Waals surface area contributed by atoms with Crippen LogP contribution >= 0.6 is 11.3 Å². The molecule has 5 heteroatoms. The van der Waals surface area contributed by atoms with Gasteiger partial charge >= 0.3 is 0 Å².